The van der Waals surface area contributed by atoms with Crippen LogP contribution in [-0.2, 0) is 16.0 Å². The van der Waals surface area contributed by atoms with Gasteiger partial charge in [-0.3, -0.25) is 4.79 Å². The number of hydrogen-bond donors (Lipinski definition) is 2. The number of carboxylic acids is 1. The molecule has 0 aromatic heterocycles. The van der Waals surface area contributed by atoms with Gasteiger partial charge < -0.3 is 19.9 Å². The molecule has 0 saturated heterocycles. The van der Waals surface area contributed by atoms with E-state index in [4.69, 9.17) is 14.6 Å². The molecular formula is C22H25NO5. The zero-order valence-corrected chi connectivity index (χ0v) is 16.3. The lowest BCUT2D eigenvalue weighted by atomic mass is 10.1. The highest BCUT2D eigenvalue weighted by molar-refractivity contribution is 5.92. The monoisotopic (exact) mass is 383 g/mol. The third-order valence-electron chi connectivity index (χ3n) is 4.08. The quantitative estimate of drug-likeness (QED) is 0.649. The van der Waals surface area contributed by atoms with Crippen LogP contribution in [0.25, 0.3) is 6.08 Å². The number of aliphatic carboxylic acids is 1. The summed E-state index contributed by atoms with van der Waals surface area (Å²) in [5, 5.41) is 11.9. The maximum absolute atomic E-state index is 12.0. The lowest BCUT2D eigenvalue weighted by Gasteiger charge is -2.21. The van der Waals surface area contributed by atoms with E-state index >= 15 is 0 Å². The van der Waals surface area contributed by atoms with Crippen molar-refractivity contribution in [2.75, 3.05) is 13.7 Å². The summed E-state index contributed by atoms with van der Waals surface area (Å²) in [5.41, 5.74) is 0.554. The summed E-state index contributed by atoms with van der Waals surface area (Å²) in [4.78, 5) is 23.1. The Kier molecular flexibility index (Phi) is 7.21. The lowest BCUT2D eigenvalue weighted by Crippen LogP contribution is -2.37. The summed E-state index contributed by atoms with van der Waals surface area (Å²) in [5.74, 6) is -0.0191. The summed E-state index contributed by atoms with van der Waals surface area (Å²) in [6.45, 7) is 3.48. The highest BCUT2D eigenvalue weighted by atomic mass is 16.5. The van der Waals surface area contributed by atoms with Crippen molar-refractivity contribution >= 4 is 18.0 Å². The van der Waals surface area contributed by atoms with E-state index in [0.717, 1.165) is 11.1 Å². The largest absolute Gasteiger partial charge is 0.496 e. The van der Waals surface area contributed by atoms with Crippen LogP contribution in [0.15, 0.2) is 54.6 Å². The Morgan fingerprint density at radius 1 is 1.11 bits per heavy atom. The number of carbonyl (C=O) groups excluding carboxylic acids is 1. The summed E-state index contributed by atoms with van der Waals surface area (Å²) in [6, 6.07) is 14.6. The smallest absolute Gasteiger partial charge is 0.347 e. The van der Waals surface area contributed by atoms with Crippen molar-refractivity contribution < 1.29 is 24.2 Å². The topological polar surface area (TPSA) is 84.9 Å². The van der Waals surface area contributed by atoms with Crippen LogP contribution in [0, 0.1) is 0 Å². The highest BCUT2D eigenvalue weighted by Gasteiger charge is 2.29. The molecule has 6 nitrogen and oxygen atoms in total. The van der Waals surface area contributed by atoms with Crippen LogP contribution in [-0.4, -0.2) is 36.2 Å². The van der Waals surface area contributed by atoms with Gasteiger partial charge in [0.05, 0.1) is 7.11 Å². The zero-order valence-electron chi connectivity index (χ0n) is 16.3. The van der Waals surface area contributed by atoms with Gasteiger partial charge in [-0.05, 0) is 50.1 Å². The van der Waals surface area contributed by atoms with E-state index in [-0.39, 0.29) is 5.91 Å². The third-order valence-corrected chi connectivity index (χ3v) is 4.08. The number of nitrogens with one attached hydrogen (secondary N) is 1. The van der Waals surface area contributed by atoms with Crippen LogP contribution < -0.4 is 14.8 Å². The molecule has 0 bridgehead atoms. The lowest BCUT2D eigenvalue weighted by molar-refractivity contribution is -0.152. The Labute approximate surface area is 164 Å². The molecule has 0 aliphatic rings. The molecule has 2 aromatic rings. The number of ether oxygens (including phenoxy) is 2. The fourth-order valence-electron chi connectivity index (χ4n) is 2.42. The first-order valence-corrected chi connectivity index (χ1v) is 8.92. The predicted octanol–water partition coefficient (Wildman–Crippen LogP) is 3.31. The van der Waals surface area contributed by atoms with Crippen LogP contribution in [0.4, 0.5) is 0 Å². The number of carboxylic acid groups (broad SMARTS) is 1. The maximum atomic E-state index is 12.0. The van der Waals surface area contributed by atoms with Crippen LogP contribution in [0.1, 0.15) is 25.0 Å². The SMILES string of the molecule is COc1ccccc1/C=C/C(=O)NCCc1ccc(OC(C)(C)C(=O)O)cc1. The van der Waals surface area contributed by atoms with Crippen molar-refractivity contribution in [3.05, 3.63) is 65.7 Å². The van der Waals surface area contributed by atoms with E-state index in [1.807, 2.05) is 36.4 Å². The molecule has 0 aliphatic heterocycles. The molecule has 0 radical (unpaired) electrons. The van der Waals surface area contributed by atoms with Crippen molar-refractivity contribution in [2.45, 2.75) is 25.9 Å². The van der Waals surface area contributed by atoms with Gasteiger partial charge >= 0.3 is 5.97 Å². The van der Waals surface area contributed by atoms with Crippen molar-refractivity contribution in [2.24, 2.45) is 0 Å². The molecule has 0 atom stereocenters. The van der Waals surface area contributed by atoms with Crippen LogP contribution in [0.5, 0.6) is 11.5 Å². The molecule has 0 heterocycles. The number of para-hydroxylation sites is 1. The van der Waals surface area contributed by atoms with Gasteiger partial charge in [-0.1, -0.05) is 30.3 Å². The second kappa shape index (κ2) is 9.60. The highest BCUT2D eigenvalue weighted by Crippen LogP contribution is 2.20. The fraction of sp³-hybridized carbons (Fsp3) is 0.273. The molecule has 0 unspecified atom stereocenters. The van der Waals surface area contributed by atoms with Crippen LogP contribution >= 0.6 is 0 Å². The first-order valence-electron chi connectivity index (χ1n) is 8.92. The molecule has 0 saturated carbocycles. The number of carbonyl (C=O) groups is 2. The van der Waals surface area contributed by atoms with Gasteiger partial charge in [0.2, 0.25) is 5.91 Å². The van der Waals surface area contributed by atoms with Crippen LogP contribution in [0.3, 0.4) is 0 Å². The van der Waals surface area contributed by atoms with Gasteiger partial charge in [0.1, 0.15) is 11.5 Å². The molecule has 1 amide bonds. The minimum atomic E-state index is -1.29. The van der Waals surface area contributed by atoms with Gasteiger partial charge in [-0.2, -0.15) is 0 Å². The van der Waals surface area contributed by atoms with E-state index < -0.39 is 11.6 Å². The number of rotatable bonds is 9. The van der Waals surface area contributed by atoms with E-state index in [2.05, 4.69) is 5.32 Å². The van der Waals surface area contributed by atoms with Gasteiger partial charge in [0.25, 0.3) is 0 Å². The zero-order chi connectivity index (χ0) is 20.6. The van der Waals surface area contributed by atoms with E-state index in [0.29, 0.717) is 24.5 Å². The molecule has 2 rings (SSSR count). The first-order chi connectivity index (χ1) is 13.3. The second-order valence-corrected chi connectivity index (χ2v) is 6.68. The van der Waals surface area contributed by atoms with E-state index in [9.17, 15) is 9.59 Å². The van der Waals surface area contributed by atoms with E-state index in [1.165, 1.54) is 19.9 Å². The van der Waals surface area contributed by atoms with Gasteiger partial charge in [0, 0.05) is 18.2 Å². The average Bonchev–Trinajstić information content (AvgIpc) is 2.67. The van der Waals surface area contributed by atoms with Crippen molar-refractivity contribution in [3.63, 3.8) is 0 Å². The summed E-state index contributed by atoms with van der Waals surface area (Å²) in [7, 11) is 1.59. The molecule has 148 valence electrons. The average molecular weight is 383 g/mol. The van der Waals surface area contributed by atoms with Crippen molar-refractivity contribution in [3.8, 4) is 11.5 Å². The Morgan fingerprint density at radius 3 is 2.43 bits per heavy atom. The van der Waals surface area contributed by atoms with Crippen LogP contribution in [0.2, 0.25) is 0 Å². The standard InChI is InChI=1S/C22H25NO5/c1-22(2,21(25)26)28-18-11-8-16(9-12-18)14-15-23-20(24)13-10-17-6-4-5-7-19(17)27-3/h4-13H,14-15H2,1-3H3,(H,23,24)(H,25,26)/b13-10+. The molecular weight excluding hydrogens is 358 g/mol. The first kappa shape index (κ1) is 21.0. The molecule has 28 heavy (non-hydrogen) atoms. The fourth-order valence-corrected chi connectivity index (χ4v) is 2.42. The Hall–Kier alpha value is -3.28. The van der Waals surface area contributed by atoms with Gasteiger partial charge in [-0.15, -0.1) is 0 Å². The van der Waals surface area contributed by atoms with Crippen molar-refractivity contribution in [1.29, 1.82) is 0 Å². The second-order valence-electron chi connectivity index (χ2n) is 6.68. The van der Waals surface area contributed by atoms with Gasteiger partial charge in [0.15, 0.2) is 5.60 Å². The number of benzene rings is 2. The Balaban J connectivity index is 1.82. The van der Waals surface area contributed by atoms with E-state index in [1.54, 1.807) is 25.3 Å². The summed E-state index contributed by atoms with van der Waals surface area (Å²) >= 11 is 0. The summed E-state index contributed by atoms with van der Waals surface area (Å²) in [6.07, 6.45) is 3.84. The Morgan fingerprint density at radius 2 is 1.79 bits per heavy atom. The third kappa shape index (κ3) is 6.16. The minimum absolute atomic E-state index is 0.186. The van der Waals surface area contributed by atoms with Gasteiger partial charge in [-0.25, -0.2) is 4.79 Å². The molecule has 0 aliphatic carbocycles. The molecule has 2 aromatic carbocycles. The molecule has 0 spiro atoms. The normalized spacial score (nSPS) is 11.2. The summed E-state index contributed by atoms with van der Waals surface area (Å²) < 4.78 is 10.7. The Bertz CT molecular complexity index is 840. The van der Waals surface area contributed by atoms with Crippen molar-refractivity contribution in [1.82, 2.24) is 5.32 Å². The number of methoxy groups -OCH3 is 1. The number of amides is 1. The molecule has 0 fully saturated rings. The predicted molar refractivity (Wildman–Crippen MR) is 108 cm³/mol. The maximum Gasteiger partial charge on any atom is 0.347 e. The molecule has 6 heteroatoms. The molecule has 2 N–H and O–H groups in total. The minimum Gasteiger partial charge on any atom is -0.496 e. The number of hydrogen-bond acceptors (Lipinski definition) is 4.